The molecule has 170 valence electrons. The van der Waals surface area contributed by atoms with Gasteiger partial charge in [-0.25, -0.2) is 9.97 Å². The second-order valence-corrected chi connectivity index (χ2v) is 8.34. The monoisotopic (exact) mass is 441 g/mol. The predicted molar refractivity (Wildman–Crippen MR) is 117 cm³/mol. The lowest BCUT2D eigenvalue weighted by Gasteiger charge is -2.24. The number of nitrogens with zero attached hydrogens (tertiary/aromatic N) is 3. The van der Waals surface area contributed by atoms with Crippen LogP contribution in [0, 0.1) is 12.8 Å². The first-order chi connectivity index (χ1) is 15.4. The average Bonchev–Trinajstić information content (AvgIpc) is 3.07. The van der Waals surface area contributed by atoms with Gasteiger partial charge in [0.05, 0.1) is 24.4 Å². The van der Waals surface area contributed by atoms with Crippen molar-refractivity contribution in [3.05, 3.63) is 30.0 Å². The van der Waals surface area contributed by atoms with Crippen LogP contribution in [0.3, 0.4) is 0 Å². The second-order valence-electron chi connectivity index (χ2n) is 8.34. The van der Waals surface area contributed by atoms with Crippen molar-refractivity contribution in [1.29, 1.82) is 0 Å². The van der Waals surface area contributed by atoms with Crippen molar-refractivity contribution >= 4 is 22.9 Å². The van der Waals surface area contributed by atoms with E-state index in [9.17, 15) is 15.3 Å². The summed E-state index contributed by atoms with van der Waals surface area (Å²) in [6, 6.07) is 6.97. The van der Waals surface area contributed by atoms with Crippen molar-refractivity contribution in [3.63, 3.8) is 0 Å². The molecule has 0 saturated heterocycles. The summed E-state index contributed by atoms with van der Waals surface area (Å²) in [5.74, 6) is 0.852. The third-order valence-corrected chi connectivity index (χ3v) is 6.36. The Morgan fingerprint density at radius 1 is 1.19 bits per heavy atom. The Bertz CT molecular complexity index is 1100. The van der Waals surface area contributed by atoms with Gasteiger partial charge in [-0.3, -0.25) is 0 Å². The number of hydrogen-bond acceptors (Lipinski definition) is 10. The van der Waals surface area contributed by atoms with E-state index in [1.165, 1.54) is 0 Å². The Kier molecular flexibility index (Phi) is 5.25. The number of anilines is 2. The third-order valence-electron chi connectivity index (χ3n) is 6.36. The number of rotatable bonds is 8. The van der Waals surface area contributed by atoms with Gasteiger partial charge in [-0.2, -0.15) is 4.98 Å². The quantitative estimate of drug-likeness (QED) is 0.324. The molecule has 3 aromatic rings. The number of oxazole rings is 1. The number of aromatic nitrogens is 3. The van der Waals surface area contributed by atoms with E-state index in [1.807, 2.05) is 38.1 Å². The molecule has 32 heavy (non-hydrogen) atoms. The van der Waals surface area contributed by atoms with E-state index in [-0.39, 0.29) is 5.92 Å². The Labute approximate surface area is 184 Å². The maximum atomic E-state index is 10.6. The minimum Gasteiger partial charge on any atom is -0.436 e. The summed E-state index contributed by atoms with van der Waals surface area (Å²) in [7, 11) is 0. The van der Waals surface area contributed by atoms with Crippen LogP contribution < -0.4 is 10.6 Å². The highest BCUT2D eigenvalue weighted by molar-refractivity contribution is 5.80. The summed E-state index contributed by atoms with van der Waals surface area (Å²) >= 11 is 0. The average molecular weight is 441 g/mol. The molecule has 10 nitrogen and oxygen atoms in total. The zero-order valence-electron chi connectivity index (χ0n) is 17.9. The molecule has 1 unspecified atom stereocenters. The minimum atomic E-state index is -1.46. The van der Waals surface area contributed by atoms with Crippen molar-refractivity contribution in [3.8, 4) is 11.5 Å². The molecule has 5 rings (SSSR count). The van der Waals surface area contributed by atoms with Gasteiger partial charge in [0.1, 0.15) is 28.6 Å². The second kappa shape index (κ2) is 7.96. The fourth-order valence-electron chi connectivity index (χ4n) is 4.57. The smallest absolute Gasteiger partial charge is 0.232 e. The molecule has 10 heteroatoms. The molecule has 2 fully saturated rings. The van der Waals surface area contributed by atoms with E-state index in [0.29, 0.717) is 66.2 Å². The van der Waals surface area contributed by atoms with Gasteiger partial charge < -0.3 is 35.1 Å². The van der Waals surface area contributed by atoms with Crippen LogP contribution in [0.5, 0.6) is 0 Å². The summed E-state index contributed by atoms with van der Waals surface area (Å²) in [4.78, 5) is 13.7. The molecule has 2 aliphatic carbocycles. The lowest BCUT2D eigenvalue weighted by Crippen LogP contribution is -2.42. The largest absolute Gasteiger partial charge is 0.436 e. The van der Waals surface area contributed by atoms with Gasteiger partial charge >= 0.3 is 0 Å². The van der Waals surface area contributed by atoms with Gasteiger partial charge in [0.2, 0.25) is 11.8 Å². The van der Waals surface area contributed by atoms with Gasteiger partial charge in [-0.15, -0.1) is 0 Å². The Morgan fingerprint density at radius 3 is 2.72 bits per heavy atom. The predicted octanol–water partition coefficient (Wildman–Crippen LogP) is 1.31. The van der Waals surface area contributed by atoms with Gasteiger partial charge in [-0.05, 0) is 32.4 Å². The Balaban J connectivity index is 1.49. The summed E-state index contributed by atoms with van der Waals surface area (Å²) in [6.07, 6.45) is -1.60. The van der Waals surface area contributed by atoms with Crippen LogP contribution in [0.4, 0.5) is 11.8 Å². The summed E-state index contributed by atoms with van der Waals surface area (Å²) < 4.78 is 11.3. The van der Waals surface area contributed by atoms with E-state index in [4.69, 9.17) is 9.15 Å². The number of benzene rings is 1. The molecule has 0 aliphatic heterocycles. The van der Waals surface area contributed by atoms with Crippen LogP contribution in [0.15, 0.2) is 28.7 Å². The SMILES string of the molecule is CCOCCNc1nc(C)c(-c2nc3ccccc3o2)c(N[C@@H]2C[C@@H]3C(O)[C@]3(O)[C@H]2O)n1. The van der Waals surface area contributed by atoms with Crippen LogP contribution >= 0.6 is 0 Å². The van der Waals surface area contributed by atoms with Crippen LogP contribution in [0.25, 0.3) is 22.6 Å². The molecule has 0 spiro atoms. The van der Waals surface area contributed by atoms with Gasteiger partial charge in [0.25, 0.3) is 0 Å². The number of aryl methyl sites for hydroxylation is 1. The van der Waals surface area contributed by atoms with Crippen molar-refractivity contribution in [2.45, 2.75) is 44.1 Å². The van der Waals surface area contributed by atoms with Crippen LogP contribution in [-0.4, -0.2) is 73.9 Å². The zero-order valence-corrected chi connectivity index (χ0v) is 17.9. The fourth-order valence-corrected chi connectivity index (χ4v) is 4.57. The van der Waals surface area contributed by atoms with Gasteiger partial charge in [-0.1, -0.05) is 12.1 Å². The number of nitrogens with one attached hydrogen (secondary N) is 2. The third kappa shape index (κ3) is 3.39. The van der Waals surface area contributed by atoms with Crippen LogP contribution in [0.1, 0.15) is 19.0 Å². The first-order valence-electron chi connectivity index (χ1n) is 10.8. The molecule has 0 amide bonds. The van der Waals surface area contributed by atoms with Crippen LogP contribution in [-0.2, 0) is 4.74 Å². The molecular weight excluding hydrogens is 414 g/mol. The van der Waals surface area contributed by atoms with Gasteiger partial charge in [0, 0.05) is 19.1 Å². The lowest BCUT2D eigenvalue weighted by atomic mass is 10.1. The minimum absolute atomic E-state index is 0.352. The number of fused-ring (bicyclic) bond motifs is 2. The number of para-hydroxylation sites is 2. The molecule has 0 bridgehead atoms. The number of aliphatic hydroxyl groups excluding tert-OH is 2. The molecule has 5 atom stereocenters. The normalized spacial score (nSPS) is 28.7. The van der Waals surface area contributed by atoms with E-state index < -0.39 is 23.9 Å². The molecule has 2 aromatic heterocycles. The molecule has 5 N–H and O–H groups in total. The van der Waals surface area contributed by atoms with Crippen molar-refractivity contribution in [2.75, 3.05) is 30.4 Å². The highest BCUT2D eigenvalue weighted by Crippen LogP contribution is 2.56. The number of hydrogen-bond donors (Lipinski definition) is 5. The summed E-state index contributed by atoms with van der Waals surface area (Å²) in [5.41, 5.74) is 1.12. The molecular formula is C22H27N5O5. The molecule has 0 radical (unpaired) electrons. The van der Waals surface area contributed by atoms with Gasteiger partial charge in [0.15, 0.2) is 5.58 Å². The summed E-state index contributed by atoms with van der Waals surface area (Å²) in [6.45, 7) is 5.45. The van der Waals surface area contributed by atoms with E-state index in [0.717, 1.165) is 0 Å². The maximum Gasteiger partial charge on any atom is 0.232 e. The first kappa shape index (κ1) is 21.1. The lowest BCUT2D eigenvalue weighted by molar-refractivity contribution is -0.0262. The highest BCUT2D eigenvalue weighted by atomic mass is 16.5. The Hall–Kier alpha value is -2.79. The topological polar surface area (TPSA) is 146 Å². The molecule has 2 heterocycles. The number of ether oxygens (including phenoxy) is 1. The van der Waals surface area contributed by atoms with E-state index in [1.54, 1.807) is 0 Å². The fraction of sp³-hybridized carbons (Fsp3) is 0.500. The van der Waals surface area contributed by atoms with Crippen molar-refractivity contribution < 1.29 is 24.5 Å². The summed E-state index contributed by atoms with van der Waals surface area (Å²) in [5, 5.41) is 37.4. The molecule has 2 saturated carbocycles. The van der Waals surface area contributed by atoms with E-state index in [2.05, 4.69) is 25.6 Å². The Morgan fingerprint density at radius 2 is 2.00 bits per heavy atom. The van der Waals surface area contributed by atoms with Crippen molar-refractivity contribution in [2.24, 2.45) is 5.92 Å². The van der Waals surface area contributed by atoms with Crippen LogP contribution in [0.2, 0.25) is 0 Å². The van der Waals surface area contributed by atoms with E-state index >= 15 is 0 Å². The van der Waals surface area contributed by atoms with Crippen molar-refractivity contribution in [1.82, 2.24) is 15.0 Å². The highest BCUT2D eigenvalue weighted by Gasteiger charge is 2.74. The zero-order chi connectivity index (χ0) is 22.5. The molecule has 1 aromatic carbocycles. The standard InChI is InChI=1S/C22H27N5O5/c1-3-31-9-8-23-21-24-11(2)16(20-26-13-6-4-5-7-15(13)32-20)19(27-21)25-14-10-12-17(28)22(12,30)18(14)29/h4-7,12,14,17-18,28-30H,3,8-10H2,1-2H3,(H2,23,24,25,27)/t12-,14-,17?,18+,22+/m1/s1. The maximum absolute atomic E-state index is 10.6. The first-order valence-corrected chi connectivity index (χ1v) is 10.8. The number of aliphatic hydroxyl groups is 3. The molecule has 2 aliphatic rings.